The Kier molecular flexibility index (Phi) is 3.76. The van der Waals surface area contributed by atoms with Gasteiger partial charge >= 0.3 is 0 Å². The first kappa shape index (κ1) is 9.52. The van der Waals surface area contributed by atoms with Crippen LogP contribution in [0.2, 0.25) is 0 Å². The smallest absolute Gasteiger partial charge is 0.119 e. The Bertz CT molecular complexity index is 316. The molecule has 2 nitrogen and oxygen atoms in total. The molecule has 0 bridgehead atoms. The monoisotopic (exact) mass is 175 g/mol. The molecule has 1 aromatic carbocycles. The number of hydrogen-bond acceptors (Lipinski definition) is 2. The van der Waals surface area contributed by atoms with Crippen molar-refractivity contribution in [2.45, 2.75) is 0 Å². The number of allylic oxidation sites excluding steroid dienone is 1. The number of rotatable bonds is 3. The van der Waals surface area contributed by atoms with Gasteiger partial charge in [0.05, 0.1) is 7.11 Å². The lowest BCUT2D eigenvalue weighted by Gasteiger charge is -1.99. The van der Waals surface area contributed by atoms with Crippen molar-refractivity contribution in [3.05, 3.63) is 35.9 Å². The van der Waals surface area contributed by atoms with Gasteiger partial charge in [0.2, 0.25) is 0 Å². The van der Waals surface area contributed by atoms with E-state index in [9.17, 15) is 0 Å². The van der Waals surface area contributed by atoms with Gasteiger partial charge in [-0.15, -0.1) is 0 Å². The van der Waals surface area contributed by atoms with Gasteiger partial charge in [-0.1, -0.05) is 18.2 Å². The Balaban J connectivity index is 2.77. The SMILES string of the molecule is CN=C/C=C/c1cccc(OC)c1. The van der Waals surface area contributed by atoms with E-state index < -0.39 is 0 Å². The van der Waals surface area contributed by atoms with E-state index in [2.05, 4.69) is 4.99 Å². The predicted molar refractivity (Wildman–Crippen MR) is 56.4 cm³/mol. The number of aliphatic imine (C=N–C) groups is 1. The molecule has 0 N–H and O–H groups in total. The fourth-order valence-corrected chi connectivity index (χ4v) is 0.985. The zero-order valence-electron chi connectivity index (χ0n) is 7.90. The Morgan fingerprint density at radius 1 is 1.38 bits per heavy atom. The maximum absolute atomic E-state index is 5.09. The molecule has 1 rings (SSSR count). The average Bonchev–Trinajstić information content (AvgIpc) is 2.19. The fourth-order valence-electron chi connectivity index (χ4n) is 0.985. The standard InChI is InChI=1S/C11H13NO/c1-12-8-4-6-10-5-3-7-11(9-10)13-2/h3-9H,1-2H3/b6-4+,12-8?. The molecule has 0 radical (unpaired) electrons. The minimum Gasteiger partial charge on any atom is -0.497 e. The van der Waals surface area contributed by atoms with Crippen molar-refractivity contribution >= 4 is 12.3 Å². The number of benzene rings is 1. The third-order valence-corrected chi connectivity index (χ3v) is 1.62. The molecule has 0 fully saturated rings. The van der Waals surface area contributed by atoms with Crippen LogP contribution >= 0.6 is 0 Å². The minimum absolute atomic E-state index is 0.871. The Morgan fingerprint density at radius 2 is 2.23 bits per heavy atom. The second kappa shape index (κ2) is 5.14. The highest BCUT2D eigenvalue weighted by Gasteiger charge is 1.89. The molecule has 0 saturated carbocycles. The van der Waals surface area contributed by atoms with Crippen molar-refractivity contribution in [1.29, 1.82) is 0 Å². The normalized spacial score (nSPS) is 11.2. The van der Waals surface area contributed by atoms with Gasteiger partial charge in [0.1, 0.15) is 5.75 Å². The molecule has 0 atom stereocenters. The molecule has 68 valence electrons. The van der Waals surface area contributed by atoms with Crippen LogP contribution in [-0.4, -0.2) is 20.4 Å². The van der Waals surface area contributed by atoms with Crippen molar-refractivity contribution in [2.24, 2.45) is 4.99 Å². The summed E-state index contributed by atoms with van der Waals surface area (Å²) in [4.78, 5) is 3.85. The molecular formula is C11H13NO. The van der Waals surface area contributed by atoms with E-state index in [1.807, 2.05) is 36.4 Å². The van der Waals surface area contributed by atoms with Crippen molar-refractivity contribution in [3.63, 3.8) is 0 Å². The van der Waals surface area contributed by atoms with Crippen molar-refractivity contribution < 1.29 is 4.74 Å². The fraction of sp³-hybridized carbons (Fsp3) is 0.182. The van der Waals surface area contributed by atoms with Crippen LogP contribution in [0, 0.1) is 0 Å². The van der Waals surface area contributed by atoms with E-state index in [-0.39, 0.29) is 0 Å². The molecule has 0 amide bonds. The van der Waals surface area contributed by atoms with Gasteiger partial charge in [0.25, 0.3) is 0 Å². The Hall–Kier alpha value is -1.57. The molecule has 0 unspecified atom stereocenters. The second-order valence-corrected chi connectivity index (χ2v) is 2.54. The van der Waals surface area contributed by atoms with Crippen molar-refractivity contribution in [2.75, 3.05) is 14.2 Å². The maximum atomic E-state index is 5.09. The van der Waals surface area contributed by atoms with E-state index in [0.29, 0.717) is 0 Å². The van der Waals surface area contributed by atoms with Gasteiger partial charge in [-0.2, -0.15) is 0 Å². The van der Waals surface area contributed by atoms with Crippen LogP contribution in [-0.2, 0) is 0 Å². The van der Waals surface area contributed by atoms with Crippen molar-refractivity contribution in [1.82, 2.24) is 0 Å². The van der Waals surface area contributed by atoms with Gasteiger partial charge < -0.3 is 4.74 Å². The largest absolute Gasteiger partial charge is 0.497 e. The topological polar surface area (TPSA) is 21.6 Å². The zero-order chi connectivity index (χ0) is 9.52. The minimum atomic E-state index is 0.871. The summed E-state index contributed by atoms with van der Waals surface area (Å²) in [6.45, 7) is 0. The lowest BCUT2D eigenvalue weighted by molar-refractivity contribution is 0.414. The van der Waals surface area contributed by atoms with Crippen LogP contribution in [0.4, 0.5) is 0 Å². The number of nitrogens with zero attached hydrogens (tertiary/aromatic N) is 1. The quantitative estimate of drug-likeness (QED) is 0.646. The molecule has 0 aromatic heterocycles. The highest BCUT2D eigenvalue weighted by molar-refractivity contribution is 5.78. The van der Waals surface area contributed by atoms with Gasteiger partial charge in [-0.3, -0.25) is 4.99 Å². The van der Waals surface area contributed by atoms with Crippen LogP contribution in [0.5, 0.6) is 5.75 Å². The summed E-state index contributed by atoms with van der Waals surface area (Å²) in [5.41, 5.74) is 1.11. The molecule has 1 aromatic rings. The van der Waals surface area contributed by atoms with E-state index in [4.69, 9.17) is 4.74 Å². The van der Waals surface area contributed by atoms with Crippen LogP contribution < -0.4 is 4.74 Å². The van der Waals surface area contributed by atoms with E-state index in [1.165, 1.54) is 0 Å². The van der Waals surface area contributed by atoms with E-state index in [0.717, 1.165) is 11.3 Å². The van der Waals surface area contributed by atoms with Gasteiger partial charge in [-0.05, 0) is 23.8 Å². The molecule has 13 heavy (non-hydrogen) atoms. The Morgan fingerprint density at radius 3 is 2.92 bits per heavy atom. The molecule has 0 aliphatic heterocycles. The second-order valence-electron chi connectivity index (χ2n) is 2.54. The highest BCUT2D eigenvalue weighted by Crippen LogP contribution is 2.13. The summed E-state index contributed by atoms with van der Waals surface area (Å²) in [5, 5.41) is 0. The molecular weight excluding hydrogens is 162 g/mol. The first-order chi connectivity index (χ1) is 6.36. The summed E-state index contributed by atoms with van der Waals surface area (Å²) in [6.07, 6.45) is 5.63. The molecule has 0 aliphatic carbocycles. The van der Waals surface area contributed by atoms with Crippen LogP contribution in [0.25, 0.3) is 6.08 Å². The van der Waals surface area contributed by atoms with Gasteiger partial charge in [0.15, 0.2) is 0 Å². The van der Waals surface area contributed by atoms with Crippen LogP contribution in [0.1, 0.15) is 5.56 Å². The first-order valence-electron chi connectivity index (χ1n) is 4.09. The van der Waals surface area contributed by atoms with Gasteiger partial charge in [-0.25, -0.2) is 0 Å². The molecule has 0 heterocycles. The van der Waals surface area contributed by atoms with Crippen molar-refractivity contribution in [3.8, 4) is 5.75 Å². The average molecular weight is 175 g/mol. The Labute approximate surface area is 78.6 Å². The third kappa shape index (κ3) is 3.11. The van der Waals surface area contributed by atoms with Crippen LogP contribution in [0.3, 0.4) is 0 Å². The predicted octanol–water partition coefficient (Wildman–Crippen LogP) is 2.41. The lowest BCUT2D eigenvalue weighted by atomic mass is 10.2. The molecule has 0 aliphatic rings. The number of methoxy groups -OCH3 is 1. The van der Waals surface area contributed by atoms with Gasteiger partial charge in [0, 0.05) is 13.3 Å². The summed E-state index contributed by atoms with van der Waals surface area (Å²) in [5.74, 6) is 0.871. The summed E-state index contributed by atoms with van der Waals surface area (Å²) >= 11 is 0. The maximum Gasteiger partial charge on any atom is 0.119 e. The highest BCUT2D eigenvalue weighted by atomic mass is 16.5. The third-order valence-electron chi connectivity index (χ3n) is 1.62. The zero-order valence-corrected chi connectivity index (χ0v) is 7.90. The van der Waals surface area contributed by atoms with E-state index in [1.54, 1.807) is 20.4 Å². The molecule has 0 spiro atoms. The summed E-state index contributed by atoms with van der Waals surface area (Å²) < 4.78 is 5.09. The lowest BCUT2D eigenvalue weighted by Crippen LogP contribution is -1.82. The summed E-state index contributed by atoms with van der Waals surface area (Å²) in [7, 11) is 3.41. The number of ether oxygens (including phenoxy) is 1. The first-order valence-corrected chi connectivity index (χ1v) is 4.09. The summed E-state index contributed by atoms with van der Waals surface area (Å²) in [6, 6.07) is 7.87. The molecule has 2 heteroatoms. The molecule has 0 saturated heterocycles. The van der Waals surface area contributed by atoms with E-state index >= 15 is 0 Å². The number of hydrogen-bond donors (Lipinski definition) is 0. The van der Waals surface area contributed by atoms with Crippen LogP contribution in [0.15, 0.2) is 35.3 Å².